The van der Waals surface area contributed by atoms with Gasteiger partial charge in [0.1, 0.15) is 0 Å². The van der Waals surface area contributed by atoms with Gasteiger partial charge in [-0.15, -0.1) is 0 Å². The summed E-state index contributed by atoms with van der Waals surface area (Å²) in [5.74, 6) is 0. The molecule has 0 bridgehead atoms. The Morgan fingerprint density at radius 2 is 1.88 bits per heavy atom. The second kappa shape index (κ2) is 3.11. The van der Waals surface area contributed by atoms with Gasteiger partial charge in [0.05, 0.1) is 0 Å². The smallest absolute Gasteiger partial charge is 0.0328 e. The Morgan fingerprint density at radius 1 is 1.38 bits per heavy atom. The molecule has 0 rings (SSSR count). The van der Waals surface area contributed by atoms with Crippen molar-refractivity contribution in [1.29, 1.82) is 0 Å². The third kappa shape index (κ3) is 3.06. The van der Waals surface area contributed by atoms with E-state index in [4.69, 9.17) is 0 Å². The van der Waals surface area contributed by atoms with Crippen LogP contribution in [0.5, 0.6) is 0 Å². The third-order valence-corrected chi connectivity index (χ3v) is 1.71. The molecule has 0 heterocycles. The van der Waals surface area contributed by atoms with Crippen LogP contribution >= 0.6 is 0 Å². The highest BCUT2D eigenvalue weighted by molar-refractivity contribution is 4.73. The van der Waals surface area contributed by atoms with Crippen LogP contribution in [-0.2, 0) is 0 Å². The summed E-state index contributed by atoms with van der Waals surface area (Å²) >= 11 is 0. The first-order valence-electron chi connectivity index (χ1n) is 3.47. The molecule has 1 radical (unpaired) electrons. The summed E-state index contributed by atoms with van der Waals surface area (Å²) in [5, 5.41) is 0. The highest BCUT2D eigenvalue weighted by Crippen LogP contribution is 2.24. The summed E-state index contributed by atoms with van der Waals surface area (Å²) in [7, 11) is 0. The topological polar surface area (TPSA) is 0 Å². The SMILES string of the molecule is [CH2][C@](C)(CC)CCC. The largest absolute Gasteiger partial charge is 0.0654 e. The molecule has 0 aromatic heterocycles. The normalized spacial score (nSPS) is 12.0. The van der Waals surface area contributed by atoms with Crippen molar-refractivity contribution in [3.8, 4) is 0 Å². The van der Waals surface area contributed by atoms with Crippen molar-refractivity contribution in [2.75, 3.05) is 0 Å². The molecule has 0 nitrogen and oxygen atoms in total. The Bertz CT molecular complexity index is 53.1. The fraction of sp³-hybridized carbons (Fsp3) is 0.875. The van der Waals surface area contributed by atoms with Crippen molar-refractivity contribution in [2.45, 2.75) is 40.0 Å². The highest BCUT2D eigenvalue weighted by atomic mass is 14.2. The fourth-order valence-corrected chi connectivity index (χ4v) is 0.780. The van der Waals surface area contributed by atoms with Crippen molar-refractivity contribution in [3.05, 3.63) is 6.92 Å². The maximum atomic E-state index is 4.08. The van der Waals surface area contributed by atoms with Crippen LogP contribution in [0, 0.1) is 12.3 Å². The zero-order valence-electron chi connectivity index (χ0n) is 6.33. The van der Waals surface area contributed by atoms with Gasteiger partial charge in [0.25, 0.3) is 0 Å². The van der Waals surface area contributed by atoms with E-state index in [2.05, 4.69) is 27.7 Å². The second-order valence-corrected chi connectivity index (χ2v) is 2.91. The van der Waals surface area contributed by atoms with E-state index < -0.39 is 0 Å². The maximum absolute atomic E-state index is 4.08. The molecule has 0 heteroatoms. The third-order valence-electron chi connectivity index (χ3n) is 1.71. The van der Waals surface area contributed by atoms with E-state index in [1.54, 1.807) is 0 Å². The molecule has 0 saturated heterocycles. The lowest BCUT2D eigenvalue weighted by Crippen LogP contribution is -2.08. The summed E-state index contributed by atoms with van der Waals surface area (Å²) in [6, 6.07) is 0. The van der Waals surface area contributed by atoms with Crippen molar-refractivity contribution in [3.63, 3.8) is 0 Å². The second-order valence-electron chi connectivity index (χ2n) is 2.91. The first kappa shape index (κ1) is 8.00. The van der Waals surface area contributed by atoms with Crippen molar-refractivity contribution in [1.82, 2.24) is 0 Å². The zero-order valence-corrected chi connectivity index (χ0v) is 6.33. The van der Waals surface area contributed by atoms with Crippen LogP contribution in [0.15, 0.2) is 0 Å². The zero-order chi connectivity index (χ0) is 6.62. The van der Waals surface area contributed by atoms with E-state index in [-0.39, 0.29) is 0 Å². The lowest BCUT2D eigenvalue weighted by molar-refractivity contribution is 0.368. The highest BCUT2D eigenvalue weighted by Gasteiger charge is 2.12. The first-order chi connectivity index (χ1) is 3.62. The average molecular weight is 113 g/mol. The molecule has 49 valence electrons. The van der Waals surface area contributed by atoms with E-state index in [1.807, 2.05) is 0 Å². The fourth-order valence-electron chi connectivity index (χ4n) is 0.780. The molecule has 0 aliphatic rings. The van der Waals surface area contributed by atoms with Gasteiger partial charge in [-0.2, -0.15) is 0 Å². The van der Waals surface area contributed by atoms with E-state index in [0.29, 0.717) is 5.41 Å². The number of rotatable bonds is 3. The molecule has 1 atom stereocenters. The van der Waals surface area contributed by atoms with E-state index in [0.717, 1.165) is 0 Å². The van der Waals surface area contributed by atoms with E-state index in [9.17, 15) is 0 Å². The predicted molar refractivity (Wildman–Crippen MR) is 38.7 cm³/mol. The van der Waals surface area contributed by atoms with Crippen LogP contribution < -0.4 is 0 Å². The van der Waals surface area contributed by atoms with Gasteiger partial charge in [-0.05, 0) is 18.8 Å². The molecule has 0 amide bonds. The summed E-state index contributed by atoms with van der Waals surface area (Å²) in [4.78, 5) is 0. The maximum Gasteiger partial charge on any atom is -0.0328 e. The minimum absolute atomic E-state index is 0.342. The molecule has 0 fully saturated rings. The molecule has 0 saturated carbocycles. The minimum atomic E-state index is 0.342. The van der Waals surface area contributed by atoms with Gasteiger partial charge < -0.3 is 0 Å². The van der Waals surface area contributed by atoms with Gasteiger partial charge >= 0.3 is 0 Å². The van der Waals surface area contributed by atoms with Crippen LogP contribution in [0.3, 0.4) is 0 Å². The average Bonchev–Trinajstić information content (AvgIpc) is 1.67. The Kier molecular flexibility index (Phi) is 3.11. The van der Waals surface area contributed by atoms with E-state index in [1.165, 1.54) is 19.3 Å². The molecular weight excluding hydrogens is 96.1 g/mol. The van der Waals surface area contributed by atoms with E-state index >= 15 is 0 Å². The van der Waals surface area contributed by atoms with Gasteiger partial charge in [0.2, 0.25) is 0 Å². The molecule has 0 aliphatic carbocycles. The summed E-state index contributed by atoms with van der Waals surface area (Å²) in [6.07, 6.45) is 3.71. The molecule has 0 N–H and O–H groups in total. The quantitative estimate of drug-likeness (QED) is 0.527. The van der Waals surface area contributed by atoms with Crippen LogP contribution in [0.1, 0.15) is 40.0 Å². The van der Waals surface area contributed by atoms with Crippen LogP contribution in [-0.4, -0.2) is 0 Å². The van der Waals surface area contributed by atoms with Gasteiger partial charge in [-0.25, -0.2) is 0 Å². The first-order valence-corrected chi connectivity index (χ1v) is 3.47. The molecule has 0 spiro atoms. The number of hydrogen-bond acceptors (Lipinski definition) is 0. The van der Waals surface area contributed by atoms with Crippen molar-refractivity contribution >= 4 is 0 Å². The Balaban J connectivity index is 3.37. The van der Waals surface area contributed by atoms with Gasteiger partial charge in [0.15, 0.2) is 0 Å². The number of hydrogen-bond donors (Lipinski definition) is 0. The summed E-state index contributed by atoms with van der Waals surface area (Å²) in [5.41, 5.74) is 0.342. The lowest BCUT2D eigenvalue weighted by Gasteiger charge is -2.20. The molecular formula is C8H17. The monoisotopic (exact) mass is 113 g/mol. The van der Waals surface area contributed by atoms with Crippen molar-refractivity contribution in [2.24, 2.45) is 5.41 Å². The van der Waals surface area contributed by atoms with Crippen LogP contribution in [0.2, 0.25) is 0 Å². The predicted octanol–water partition coefficient (Wildman–Crippen LogP) is 3.04. The Morgan fingerprint density at radius 3 is 2.00 bits per heavy atom. The molecule has 8 heavy (non-hydrogen) atoms. The minimum Gasteiger partial charge on any atom is -0.0654 e. The van der Waals surface area contributed by atoms with Gasteiger partial charge in [0, 0.05) is 0 Å². The van der Waals surface area contributed by atoms with Gasteiger partial charge in [-0.3, -0.25) is 0 Å². The molecule has 0 unspecified atom stereocenters. The Hall–Kier alpha value is 0. The van der Waals surface area contributed by atoms with Crippen LogP contribution in [0.4, 0.5) is 0 Å². The van der Waals surface area contributed by atoms with Gasteiger partial charge in [-0.1, -0.05) is 33.6 Å². The Labute approximate surface area is 53.3 Å². The lowest BCUT2D eigenvalue weighted by atomic mass is 9.86. The molecule has 0 aliphatic heterocycles. The standard InChI is InChI=1S/C8H17/c1-5-7-8(3,4)6-2/h3,5-7H2,1-2,4H3/t8-/m0/s1. The summed E-state index contributed by atoms with van der Waals surface area (Å²) < 4.78 is 0. The van der Waals surface area contributed by atoms with Crippen LogP contribution in [0.25, 0.3) is 0 Å². The van der Waals surface area contributed by atoms with Crippen molar-refractivity contribution < 1.29 is 0 Å². The molecule has 0 aromatic rings. The summed E-state index contributed by atoms with van der Waals surface area (Å²) in [6.45, 7) is 10.7. The molecule has 0 aromatic carbocycles.